The summed E-state index contributed by atoms with van der Waals surface area (Å²) in [6.45, 7) is 4.50. The highest BCUT2D eigenvalue weighted by Crippen LogP contribution is 2.17. The van der Waals surface area contributed by atoms with Crippen molar-refractivity contribution < 1.29 is 9.21 Å². The van der Waals surface area contributed by atoms with E-state index in [9.17, 15) is 9.59 Å². The molecule has 0 fully saturated rings. The maximum Gasteiger partial charge on any atom is 0.417 e. The highest BCUT2D eigenvalue weighted by atomic mass is 16.4. The molecule has 1 amide bonds. The Kier molecular flexibility index (Phi) is 4.02. The van der Waals surface area contributed by atoms with Crippen LogP contribution in [-0.2, 0) is 6.54 Å². The normalized spacial score (nSPS) is 11.1. The van der Waals surface area contributed by atoms with Crippen LogP contribution in [0.4, 0.5) is 0 Å². The molecule has 0 unspecified atom stereocenters. The molecule has 0 atom stereocenters. The van der Waals surface area contributed by atoms with Gasteiger partial charge in [0.2, 0.25) is 0 Å². The first-order valence-corrected chi connectivity index (χ1v) is 7.52. The maximum absolute atomic E-state index is 12.8. The van der Waals surface area contributed by atoms with E-state index in [2.05, 4.69) is 4.98 Å². The van der Waals surface area contributed by atoms with Gasteiger partial charge < -0.3 is 9.32 Å². The minimum absolute atomic E-state index is 0.0524. The summed E-state index contributed by atoms with van der Waals surface area (Å²) >= 11 is 0. The molecule has 1 heterocycles. The topological polar surface area (TPSA) is 66.3 Å². The van der Waals surface area contributed by atoms with Crippen LogP contribution < -0.4 is 5.76 Å². The Hall–Kier alpha value is -2.82. The number of amides is 1. The lowest BCUT2D eigenvalue weighted by Gasteiger charge is -2.27. The second-order valence-electron chi connectivity index (χ2n) is 5.74. The number of fused-ring (bicyclic) bond motifs is 1. The molecule has 1 aromatic heterocycles. The van der Waals surface area contributed by atoms with Crippen molar-refractivity contribution in [1.82, 2.24) is 9.88 Å². The molecule has 0 saturated heterocycles. The van der Waals surface area contributed by atoms with Gasteiger partial charge in [0, 0.05) is 18.2 Å². The van der Waals surface area contributed by atoms with Crippen LogP contribution in [0.5, 0.6) is 0 Å². The second-order valence-corrected chi connectivity index (χ2v) is 5.74. The van der Waals surface area contributed by atoms with Crippen molar-refractivity contribution in [3.8, 4) is 0 Å². The summed E-state index contributed by atoms with van der Waals surface area (Å²) in [5, 5.41) is 0. The van der Waals surface area contributed by atoms with Crippen molar-refractivity contribution in [1.29, 1.82) is 0 Å². The van der Waals surface area contributed by atoms with E-state index in [0.29, 0.717) is 23.2 Å². The number of H-pyrrole nitrogens is 1. The molecule has 3 rings (SSSR count). The largest absolute Gasteiger partial charge is 0.417 e. The zero-order valence-electron chi connectivity index (χ0n) is 13.1. The number of hydrogen-bond donors (Lipinski definition) is 1. The number of hydrogen-bond acceptors (Lipinski definition) is 3. The number of carbonyl (C=O) groups is 1. The molecule has 0 aliphatic carbocycles. The summed E-state index contributed by atoms with van der Waals surface area (Å²) in [7, 11) is 0. The number of aromatic nitrogens is 1. The molecule has 0 spiro atoms. The second kappa shape index (κ2) is 6.12. The molecule has 0 aliphatic heterocycles. The van der Waals surface area contributed by atoms with Crippen molar-refractivity contribution in [2.45, 2.75) is 26.4 Å². The summed E-state index contributed by atoms with van der Waals surface area (Å²) in [5.74, 6) is -0.607. The number of nitrogens with one attached hydrogen (secondary N) is 1. The molecule has 0 saturated carbocycles. The molecule has 0 bridgehead atoms. The quantitative estimate of drug-likeness (QED) is 0.805. The molecular formula is C18H18N2O3. The minimum atomic E-state index is -0.519. The van der Waals surface area contributed by atoms with Crippen LogP contribution in [0.1, 0.15) is 29.8 Å². The Balaban J connectivity index is 1.91. The lowest BCUT2D eigenvalue weighted by atomic mass is 10.1. The predicted molar refractivity (Wildman–Crippen MR) is 88.3 cm³/mol. The number of benzene rings is 2. The van der Waals surface area contributed by atoms with Crippen LogP contribution in [0.15, 0.2) is 57.7 Å². The Morgan fingerprint density at radius 3 is 2.61 bits per heavy atom. The van der Waals surface area contributed by atoms with Gasteiger partial charge in [0.05, 0.1) is 5.52 Å². The zero-order valence-corrected chi connectivity index (χ0v) is 13.1. The Morgan fingerprint density at radius 2 is 1.91 bits per heavy atom. The Morgan fingerprint density at radius 1 is 1.17 bits per heavy atom. The van der Waals surface area contributed by atoms with E-state index in [4.69, 9.17) is 4.42 Å². The smallest absolute Gasteiger partial charge is 0.408 e. The van der Waals surface area contributed by atoms with Gasteiger partial charge in [0.1, 0.15) is 0 Å². The summed E-state index contributed by atoms with van der Waals surface area (Å²) in [6, 6.07) is 14.9. The highest BCUT2D eigenvalue weighted by molar-refractivity contribution is 5.97. The van der Waals surface area contributed by atoms with Crippen molar-refractivity contribution in [3.05, 3.63) is 70.2 Å². The predicted octanol–water partition coefficient (Wildman–Crippen LogP) is 3.17. The third-order valence-corrected chi connectivity index (χ3v) is 3.75. The van der Waals surface area contributed by atoms with Crippen molar-refractivity contribution in [2.24, 2.45) is 0 Å². The fourth-order valence-electron chi connectivity index (χ4n) is 2.51. The van der Waals surface area contributed by atoms with Gasteiger partial charge >= 0.3 is 5.76 Å². The number of nitrogens with zero attached hydrogens (tertiary/aromatic N) is 1. The molecule has 0 aliphatic rings. The van der Waals surface area contributed by atoms with Crippen molar-refractivity contribution >= 4 is 17.0 Å². The van der Waals surface area contributed by atoms with E-state index in [1.54, 1.807) is 23.1 Å². The van der Waals surface area contributed by atoms with E-state index in [1.165, 1.54) is 0 Å². The van der Waals surface area contributed by atoms with Gasteiger partial charge in [-0.05, 0) is 37.6 Å². The average Bonchev–Trinajstić information content (AvgIpc) is 2.91. The van der Waals surface area contributed by atoms with Crippen molar-refractivity contribution in [3.63, 3.8) is 0 Å². The SMILES string of the molecule is CC(C)N(Cc1ccccc1)C(=O)c1ccc2[nH]c(=O)oc2c1. The number of oxazole rings is 1. The van der Waals surface area contributed by atoms with Crippen LogP contribution >= 0.6 is 0 Å². The highest BCUT2D eigenvalue weighted by Gasteiger charge is 2.20. The van der Waals surface area contributed by atoms with Crippen LogP contribution in [0.2, 0.25) is 0 Å². The van der Waals surface area contributed by atoms with Gasteiger partial charge in [-0.2, -0.15) is 0 Å². The average molecular weight is 310 g/mol. The number of carbonyl (C=O) groups excluding carboxylic acids is 1. The van der Waals surface area contributed by atoms with Crippen LogP contribution in [0, 0.1) is 0 Å². The number of rotatable bonds is 4. The zero-order chi connectivity index (χ0) is 16.4. The van der Waals surface area contributed by atoms with Gasteiger partial charge in [0.15, 0.2) is 5.58 Å². The summed E-state index contributed by atoms with van der Waals surface area (Å²) in [4.78, 5) is 28.4. The van der Waals surface area contributed by atoms with E-state index in [1.807, 2.05) is 44.2 Å². The minimum Gasteiger partial charge on any atom is -0.408 e. The summed E-state index contributed by atoms with van der Waals surface area (Å²) in [6.07, 6.45) is 0. The van der Waals surface area contributed by atoms with Crippen LogP contribution in [-0.4, -0.2) is 21.8 Å². The molecule has 23 heavy (non-hydrogen) atoms. The first-order valence-electron chi connectivity index (χ1n) is 7.52. The molecule has 5 heteroatoms. The first-order chi connectivity index (χ1) is 11.0. The molecule has 3 aromatic rings. The molecular weight excluding hydrogens is 292 g/mol. The van der Waals surface area contributed by atoms with Gasteiger partial charge in [0.25, 0.3) is 5.91 Å². The van der Waals surface area contributed by atoms with E-state index in [-0.39, 0.29) is 11.9 Å². The van der Waals surface area contributed by atoms with Gasteiger partial charge in [-0.25, -0.2) is 4.79 Å². The third kappa shape index (κ3) is 3.18. The maximum atomic E-state index is 12.8. The summed E-state index contributed by atoms with van der Waals surface area (Å²) in [5.41, 5.74) is 2.56. The fourth-order valence-corrected chi connectivity index (χ4v) is 2.51. The van der Waals surface area contributed by atoms with Gasteiger partial charge in [-0.3, -0.25) is 9.78 Å². The molecule has 0 radical (unpaired) electrons. The molecule has 1 N–H and O–H groups in total. The Labute approximate surface area is 133 Å². The molecule has 5 nitrogen and oxygen atoms in total. The third-order valence-electron chi connectivity index (χ3n) is 3.75. The van der Waals surface area contributed by atoms with Gasteiger partial charge in [-0.15, -0.1) is 0 Å². The monoisotopic (exact) mass is 310 g/mol. The fraction of sp³-hybridized carbons (Fsp3) is 0.222. The van der Waals surface area contributed by atoms with Gasteiger partial charge in [-0.1, -0.05) is 30.3 Å². The summed E-state index contributed by atoms with van der Waals surface area (Å²) < 4.78 is 5.04. The standard InChI is InChI=1S/C18H18N2O3/c1-12(2)20(11-13-6-4-3-5-7-13)17(21)14-8-9-15-16(10-14)23-18(22)19-15/h3-10,12H,11H2,1-2H3,(H,19,22). The molecule has 118 valence electrons. The first kappa shape index (κ1) is 15.1. The molecule has 2 aromatic carbocycles. The lowest BCUT2D eigenvalue weighted by molar-refractivity contribution is 0.0690. The van der Waals surface area contributed by atoms with E-state index >= 15 is 0 Å². The van der Waals surface area contributed by atoms with E-state index < -0.39 is 5.76 Å². The van der Waals surface area contributed by atoms with Crippen molar-refractivity contribution in [2.75, 3.05) is 0 Å². The van der Waals surface area contributed by atoms with E-state index in [0.717, 1.165) is 5.56 Å². The van der Waals surface area contributed by atoms with Crippen LogP contribution in [0.25, 0.3) is 11.1 Å². The Bertz CT molecular complexity index is 878. The number of aromatic amines is 1. The lowest BCUT2D eigenvalue weighted by Crippen LogP contribution is -2.36. The van der Waals surface area contributed by atoms with Crippen LogP contribution in [0.3, 0.4) is 0 Å².